The van der Waals surface area contributed by atoms with Crippen molar-refractivity contribution in [2.45, 2.75) is 18.9 Å². The van der Waals surface area contributed by atoms with Crippen LogP contribution < -0.4 is 10.1 Å². The summed E-state index contributed by atoms with van der Waals surface area (Å²) in [6, 6.07) is 21.0. The second-order valence-electron chi connectivity index (χ2n) is 6.73. The first-order valence-electron chi connectivity index (χ1n) is 8.60. The minimum absolute atomic E-state index is 0.168. The van der Waals surface area contributed by atoms with E-state index in [9.17, 15) is 9.90 Å². The highest BCUT2D eigenvalue weighted by atomic mass is 16.5. The van der Waals surface area contributed by atoms with Gasteiger partial charge < -0.3 is 15.2 Å². The van der Waals surface area contributed by atoms with E-state index in [1.165, 1.54) is 0 Å². The van der Waals surface area contributed by atoms with Gasteiger partial charge >= 0.3 is 0 Å². The third-order valence-electron chi connectivity index (χ3n) is 4.41. The molecule has 0 aliphatic rings. The molecule has 1 amide bonds. The van der Waals surface area contributed by atoms with Gasteiger partial charge in [0.25, 0.3) is 5.91 Å². The lowest BCUT2D eigenvalue weighted by Crippen LogP contribution is -2.42. The average Bonchev–Trinajstić information content (AvgIpc) is 2.66. The third-order valence-corrected chi connectivity index (χ3v) is 4.41. The first-order valence-corrected chi connectivity index (χ1v) is 8.60. The molecule has 0 radical (unpaired) electrons. The number of hydrogen-bond donors (Lipinski definition) is 2. The number of rotatable bonds is 6. The van der Waals surface area contributed by atoms with E-state index in [0.717, 1.165) is 22.1 Å². The monoisotopic (exact) mass is 349 g/mol. The van der Waals surface area contributed by atoms with E-state index in [2.05, 4.69) is 5.32 Å². The summed E-state index contributed by atoms with van der Waals surface area (Å²) in [5.74, 6) is 0.592. The van der Waals surface area contributed by atoms with Gasteiger partial charge in [-0.15, -0.1) is 0 Å². The van der Waals surface area contributed by atoms with Crippen LogP contribution >= 0.6 is 0 Å². The minimum atomic E-state index is -1.05. The van der Waals surface area contributed by atoms with Crippen LogP contribution in [0.5, 0.6) is 5.75 Å². The molecule has 3 aromatic carbocycles. The van der Waals surface area contributed by atoms with Crippen molar-refractivity contribution in [3.05, 3.63) is 77.9 Å². The second kappa shape index (κ2) is 7.58. The van der Waals surface area contributed by atoms with Gasteiger partial charge in [-0.05, 0) is 41.5 Å². The molecule has 3 aromatic rings. The first-order chi connectivity index (χ1) is 12.5. The summed E-state index contributed by atoms with van der Waals surface area (Å²) in [6.45, 7) is 1.89. The Morgan fingerprint density at radius 1 is 1.04 bits per heavy atom. The molecule has 1 atom stereocenters. The molecule has 0 heterocycles. The molecular weight excluding hydrogens is 326 g/mol. The maximum absolute atomic E-state index is 12.6. The van der Waals surface area contributed by atoms with Gasteiger partial charge in [0.1, 0.15) is 5.75 Å². The van der Waals surface area contributed by atoms with E-state index >= 15 is 0 Å². The number of fused-ring (bicyclic) bond motifs is 1. The Hall–Kier alpha value is -2.85. The van der Waals surface area contributed by atoms with Gasteiger partial charge in [0.05, 0.1) is 12.7 Å². The molecule has 0 spiro atoms. The van der Waals surface area contributed by atoms with Crippen molar-refractivity contribution in [3.8, 4) is 5.75 Å². The van der Waals surface area contributed by atoms with Crippen molar-refractivity contribution in [2.75, 3.05) is 13.7 Å². The summed E-state index contributed by atoms with van der Waals surface area (Å²) >= 11 is 0. The number of ether oxygens (including phenoxy) is 1. The van der Waals surface area contributed by atoms with Gasteiger partial charge in [-0.25, -0.2) is 0 Å². The SMILES string of the molecule is COc1ccc(C[C@@](C)(O)CNC(=O)c2cccc3ccccc23)cc1. The smallest absolute Gasteiger partial charge is 0.252 e. The summed E-state index contributed by atoms with van der Waals surface area (Å²) in [7, 11) is 1.62. The molecule has 0 aliphatic heterocycles. The van der Waals surface area contributed by atoms with Crippen LogP contribution in [-0.4, -0.2) is 30.3 Å². The van der Waals surface area contributed by atoms with E-state index < -0.39 is 5.60 Å². The predicted molar refractivity (Wildman–Crippen MR) is 104 cm³/mol. The average molecular weight is 349 g/mol. The highest BCUT2D eigenvalue weighted by Crippen LogP contribution is 2.19. The zero-order chi connectivity index (χ0) is 18.6. The maximum Gasteiger partial charge on any atom is 0.252 e. The molecule has 0 saturated heterocycles. The van der Waals surface area contributed by atoms with Crippen LogP contribution in [0.3, 0.4) is 0 Å². The van der Waals surface area contributed by atoms with Crippen molar-refractivity contribution in [1.29, 1.82) is 0 Å². The van der Waals surface area contributed by atoms with E-state index in [-0.39, 0.29) is 12.5 Å². The molecule has 0 saturated carbocycles. The minimum Gasteiger partial charge on any atom is -0.497 e. The van der Waals surface area contributed by atoms with Crippen LogP contribution in [0.2, 0.25) is 0 Å². The lowest BCUT2D eigenvalue weighted by atomic mass is 9.96. The number of methoxy groups -OCH3 is 1. The number of benzene rings is 3. The number of nitrogens with one attached hydrogen (secondary N) is 1. The van der Waals surface area contributed by atoms with Crippen LogP contribution in [0.25, 0.3) is 10.8 Å². The van der Waals surface area contributed by atoms with Crippen molar-refractivity contribution >= 4 is 16.7 Å². The molecule has 0 bridgehead atoms. The molecule has 2 N–H and O–H groups in total. The highest BCUT2D eigenvalue weighted by Gasteiger charge is 2.22. The highest BCUT2D eigenvalue weighted by molar-refractivity contribution is 6.07. The Bertz CT molecular complexity index is 895. The Labute approximate surface area is 153 Å². The molecule has 26 heavy (non-hydrogen) atoms. The number of hydrogen-bond acceptors (Lipinski definition) is 3. The fourth-order valence-corrected chi connectivity index (χ4v) is 3.03. The van der Waals surface area contributed by atoms with Gasteiger partial charge in [-0.2, -0.15) is 0 Å². The van der Waals surface area contributed by atoms with Crippen molar-refractivity contribution in [3.63, 3.8) is 0 Å². The number of carbonyl (C=O) groups is 1. The maximum atomic E-state index is 12.6. The summed E-state index contributed by atoms with van der Waals surface area (Å²) < 4.78 is 5.14. The topological polar surface area (TPSA) is 58.6 Å². The Morgan fingerprint density at radius 2 is 1.73 bits per heavy atom. The number of amides is 1. The predicted octanol–water partition coefficient (Wildman–Crippen LogP) is 3.57. The third kappa shape index (κ3) is 4.21. The van der Waals surface area contributed by atoms with Crippen LogP contribution in [0, 0.1) is 0 Å². The Kier molecular flexibility index (Phi) is 5.24. The zero-order valence-corrected chi connectivity index (χ0v) is 15.0. The zero-order valence-electron chi connectivity index (χ0n) is 15.0. The van der Waals surface area contributed by atoms with Gasteiger partial charge in [-0.1, -0.05) is 48.5 Å². The molecule has 0 aliphatic carbocycles. The molecular formula is C22H23NO3. The normalized spacial score (nSPS) is 13.2. The molecule has 0 unspecified atom stereocenters. The number of carbonyl (C=O) groups excluding carboxylic acids is 1. The van der Waals surface area contributed by atoms with Crippen molar-refractivity contribution in [2.24, 2.45) is 0 Å². The fraction of sp³-hybridized carbons (Fsp3) is 0.227. The first kappa shape index (κ1) is 18.0. The van der Waals surface area contributed by atoms with Crippen LogP contribution in [-0.2, 0) is 6.42 Å². The molecule has 0 aromatic heterocycles. The quantitative estimate of drug-likeness (QED) is 0.715. The summed E-state index contributed by atoms with van der Waals surface area (Å²) in [4.78, 5) is 12.6. The Morgan fingerprint density at radius 3 is 2.46 bits per heavy atom. The standard InChI is InChI=1S/C22H23NO3/c1-22(25,14-16-10-12-18(26-2)13-11-16)15-23-21(24)20-9-5-7-17-6-3-4-8-19(17)20/h3-13,25H,14-15H2,1-2H3,(H,23,24)/t22-/m1/s1. The molecule has 134 valence electrons. The van der Waals surface area contributed by atoms with Crippen LogP contribution in [0.15, 0.2) is 66.7 Å². The fourth-order valence-electron chi connectivity index (χ4n) is 3.03. The van der Waals surface area contributed by atoms with Gasteiger partial charge in [0, 0.05) is 18.5 Å². The van der Waals surface area contributed by atoms with Crippen LogP contribution in [0.1, 0.15) is 22.8 Å². The van der Waals surface area contributed by atoms with Gasteiger partial charge in [-0.3, -0.25) is 4.79 Å². The molecule has 3 rings (SSSR count). The summed E-state index contributed by atoms with van der Waals surface area (Å²) in [5.41, 5.74) is 0.549. The van der Waals surface area contributed by atoms with E-state index in [0.29, 0.717) is 12.0 Å². The molecule has 4 nitrogen and oxygen atoms in total. The van der Waals surface area contributed by atoms with Crippen molar-refractivity contribution in [1.82, 2.24) is 5.32 Å². The summed E-state index contributed by atoms with van der Waals surface area (Å²) in [6.07, 6.45) is 0.437. The number of aliphatic hydroxyl groups is 1. The Balaban J connectivity index is 1.67. The largest absolute Gasteiger partial charge is 0.497 e. The summed E-state index contributed by atoms with van der Waals surface area (Å²) in [5, 5.41) is 15.4. The van der Waals surface area contributed by atoms with Gasteiger partial charge in [0.15, 0.2) is 0 Å². The van der Waals surface area contributed by atoms with Gasteiger partial charge in [0.2, 0.25) is 0 Å². The van der Waals surface area contributed by atoms with E-state index in [1.807, 2.05) is 60.7 Å². The van der Waals surface area contributed by atoms with Crippen LogP contribution in [0.4, 0.5) is 0 Å². The molecule has 0 fully saturated rings. The lowest BCUT2D eigenvalue weighted by Gasteiger charge is -2.24. The van der Waals surface area contributed by atoms with Crippen molar-refractivity contribution < 1.29 is 14.6 Å². The molecule has 4 heteroatoms. The second-order valence-corrected chi connectivity index (χ2v) is 6.73. The van der Waals surface area contributed by atoms with E-state index in [4.69, 9.17) is 4.74 Å². The van der Waals surface area contributed by atoms with E-state index in [1.54, 1.807) is 20.1 Å². The lowest BCUT2D eigenvalue weighted by molar-refractivity contribution is 0.0553.